The molecule has 0 aliphatic carbocycles. The van der Waals surface area contributed by atoms with Gasteiger partial charge in [0.15, 0.2) is 11.0 Å². The van der Waals surface area contributed by atoms with Crippen LogP contribution in [0.1, 0.15) is 11.1 Å². The first-order valence-electron chi connectivity index (χ1n) is 10.5. The van der Waals surface area contributed by atoms with Crippen molar-refractivity contribution in [2.45, 2.75) is 23.9 Å². The SMILES string of the molecule is Cc1ccc(C)c(-n2c(SCC(=O)Nc3cccc(S(N)(=O)=O)c3)nnc2-c2ccccc2Cl)c1. The highest BCUT2D eigenvalue weighted by Gasteiger charge is 2.20. The molecule has 0 radical (unpaired) electrons. The third-order valence-corrected chi connectivity index (χ3v) is 7.30. The molecule has 0 aliphatic rings. The van der Waals surface area contributed by atoms with Crippen LogP contribution in [-0.2, 0) is 14.8 Å². The second-order valence-electron chi connectivity index (χ2n) is 7.82. The molecule has 3 N–H and O–H groups in total. The van der Waals surface area contributed by atoms with E-state index in [1.54, 1.807) is 12.1 Å². The highest BCUT2D eigenvalue weighted by Crippen LogP contribution is 2.33. The third kappa shape index (κ3) is 5.73. The minimum absolute atomic E-state index is 0.0190. The molecule has 0 aliphatic heterocycles. The summed E-state index contributed by atoms with van der Waals surface area (Å²) in [5.41, 5.74) is 4.00. The smallest absolute Gasteiger partial charge is 0.238 e. The molecule has 180 valence electrons. The van der Waals surface area contributed by atoms with Gasteiger partial charge in [-0.3, -0.25) is 9.36 Å². The van der Waals surface area contributed by atoms with E-state index in [4.69, 9.17) is 16.7 Å². The Labute approximate surface area is 212 Å². The van der Waals surface area contributed by atoms with Crippen LogP contribution in [0, 0.1) is 13.8 Å². The fourth-order valence-electron chi connectivity index (χ4n) is 3.44. The van der Waals surface area contributed by atoms with Crippen molar-refractivity contribution in [1.82, 2.24) is 14.8 Å². The van der Waals surface area contributed by atoms with Crippen LogP contribution in [0.5, 0.6) is 0 Å². The molecule has 11 heteroatoms. The highest BCUT2D eigenvalue weighted by atomic mass is 35.5. The molecular weight excluding hydrogens is 506 g/mol. The Morgan fingerprint density at radius 3 is 2.57 bits per heavy atom. The van der Waals surface area contributed by atoms with Crippen LogP contribution in [0.3, 0.4) is 0 Å². The number of anilines is 1. The molecule has 35 heavy (non-hydrogen) atoms. The first-order chi connectivity index (χ1) is 16.6. The zero-order chi connectivity index (χ0) is 25.2. The molecule has 1 amide bonds. The average Bonchev–Trinajstić information content (AvgIpc) is 3.22. The Hall–Kier alpha value is -3.18. The molecule has 0 spiro atoms. The van der Waals surface area contributed by atoms with Crippen LogP contribution in [-0.4, -0.2) is 34.8 Å². The van der Waals surface area contributed by atoms with Crippen LogP contribution in [0.25, 0.3) is 17.1 Å². The second-order valence-corrected chi connectivity index (χ2v) is 10.7. The number of rotatable bonds is 7. The molecule has 8 nitrogen and oxygen atoms in total. The lowest BCUT2D eigenvalue weighted by molar-refractivity contribution is -0.113. The van der Waals surface area contributed by atoms with E-state index in [-0.39, 0.29) is 16.6 Å². The van der Waals surface area contributed by atoms with Gasteiger partial charge in [0, 0.05) is 11.3 Å². The van der Waals surface area contributed by atoms with Gasteiger partial charge in [-0.15, -0.1) is 10.2 Å². The van der Waals surface area contributed by atoms with Gasteiger partial charge < -0.3 is 5.32 Å². The number of halogens is 1. The van der Waals surface area contributed by atoms with E-state index in [0.29, 0.717) is 21.7 Å². The zero-order valence-corrected chi connectivity index (χ0v) is 21.3. The quantitative estimate of drug-likeness (QED) is 0.339. The van der Waals surface area contributed by atoms with E-state index in [2.05, 4.69) is 15.5 Å². The maximum atomic E-state index is 12.7. The van der Waals surface area contributed by atoms with Crippen molar-refractivity contribution in [2.75, 3.05) is 11.1 Å². The van der Waals surface area contributed by atoms with Crippen molar-refractivity contribution in [3.8, 4) is 17.1 Å². The summed E-state index contributed by atoms with van der Waals surface area (Å²) in [5, 5.41) is 17.7. The summed E-state index contributed by atoms with van der Waals surface area (Å²) in [5.74, 6) is 0.245. The molecule has 0 fully saturated rings. The maximum Gasteiger partial charge on any atom is 0.238 e. The molecule has 3 aromatic carbocycles. The van der Waals surface area contributed by atoms with Crippen molar-refractivity contribution in [1.29, 1.82) is 0 Å². The topological polar surface area (TPSA) is 120 Å². The Bertz CT molecular complexity index is 1520. The molecule has 0 saturated carbocycles. The van der Waals surface area contributed by atoms with Gasteiger partial charge in [-0.2, -0.15) is 0 Å². The summed E-state index contributed by atoms with van der Waals surface area (Å²) in [6.07, 6.45) is 0. The minimum atomic E-state index is -3.88. The van der Waals surface area contributed by atoms with Crippen LogP contribution in [0.2, 0.25) is 5.02 Å². The fourth-order valence-corrected chi connectivity index (χ4v) is 4.96. The molecule has 0 unspecified atom stereocenters. The van der Waals surface area contributed by atoms with Crippen LogP contribution in [0.4, 0.5) is 5.69 Å². The van der Waals surface area contributed by atoms with Crippen LogP contribution >= 0.6 is 23.4 Å². The third-order valence-electron chi connectivity index (χ3n) is 5.13. The Morgan fingerprint density at radius 1 is 1.06 bits per heavy atom. The number of thioether (sulfide) groups is 1. The molecule has 4 rings (SSSR count). The van der Waals surface area contributed by atoms with Gasteiger partial charge in [0.05, 0.1) is 21.4 Å². The van der Waals surface area contributed by atoms with Gasteiger partial charge >= 0.3 is 0 Å². The van der Waals surface area contributed by atoms with Gasteiger partial charge in [-0.25, -0.2) is 13.6 Å². The molecule has 0 bridgehead atoms. The van der Waals surface area contributed by atoms with Gasteiger partial charge in [-0.1, -0.05) is 53.7 Å². The molecule has 1 aromatic heterocycles. The van der Waals surface area contributed by atoms with E-state index in [1.807, 2.05) is 54.8 Å². The van der Waals surface area contributed by atoms with Gasteiger partial charge in [0.1, 0.15) is 0 Å². The number of carbonyl (C=O) groups excluding carboxylic acids is 1. The molecule has 1 heterocycles. The van der Waals surface area contributed by atoms with Crippen LogP contribution < -0.4 is 10.5 Å². The number of aryl methyl sites for hydroxylation is 2. The number of sulfonamides is 1. The maximum absolute atomic E-state index is 12.7. The van der Waals surface area contributed by atoms with E-state index in [9.17, 15) is 13.2 Å². The van der Waals surface area contributed by atoms with Crippen LogP contribution in [0.15, 0.2) is 76.8 Å². The summed E-state index contributed by atoms with van der Waals surface area (Å²) in [4.78, 5) is 12.6. The highest BCUT2D eigenvalue weighted by molar-refractivity contribution is 7.99. The largest absolute Gasteiger partial charge is 0.325 e. The molecule has 0 saturated heterocycles. The fraction of sp³-hybridized carbons (Fsp3) is 0.125. The number of hydrogen-bond donors (Lipinski definition) is 2. The van der Waals surface area contributed by atoms with Crippen molar-refractivity contribution in [3.63, 3.8) is 0 Å². The van der Waals surface area contributed by atoms with E-state index >= 15 is 0 Å². The number of nitrogens with one attached hydrogen (secondary N) is 1. The predicted octanol–water partition coefficient (Wildman–Crippen LogP) is 4.58. The number of amides is 1. The predicted molar refractivity (Wildman–Crippen MR) is 138 cm³/mol. The van der Waals surface area contributed by atoms with Crippen molar-refractivity contribution in [2.24, 2.45) is 5.14 Å². The normalized spacial score (nSPS) is 11.4. The standard InChI is InChI=1S/C24H22ClN5O3S2/c1-15-10-11-16(2)21(12-15)30-23(19-8-3-4-9-20(19)25)28-29-24(30)34-14-22(31)27-17-6-5-7-18(13-17)35(26,32)33/h3-13H,14H2,1-2H3,(H,27,31)(H2,26,32,33). The number of nitrogens with zero attached hydrogens (tertiary/aromatic N) is 3. The number of primary sulfonamides is 1. The minimum Gasteiger partial charge on any atom is -0.325 e. The van der Waals surface area contributed by atoms with Crippen molar-refractivity contribution in [3.05, 3.63) is 82.9 Å². The summed E-state index contributed by atoms with van der Waals surface area (Å²) in [6, 6.07) is 19.2. The second kappa shape index (κ2) is 10.2. The number of benzene rings is 3. The number of carbonyl (C=O) groups is 1. The summed E-state index contributed by atoms with van der Waals surface area (Å²) in [7, 11) is -3.88. The molecule has 4 aromatic rings. The Balaban J connectivity index is 1.64. The van der Waals surface area contributed by atoms with Gasteiger partial charge in [0.2, 0.25) is 15.9 Å². The summed E-state index contributed by atoms with van der Waals surface area (Å²) < 4.78 is 25.1. The lowest BCUT2D eigenvalue weighted by atomic mass is 10.1. The number of aromatic nitrogens is 3. The molecule has 0 atom stereocenters. The van der Waals surface area contributed by atoms with E-state index in [0.717, 1.165) is 22.4 Å². The lowest BCUT2D eigenvalue weighted by Gasteiger charge is -2.14. The van der Waals surface area contributed by atoms with E-state index in [1.165, 1.54) is 30.0 Å². The van der Waals surface area contributed by atoms with Crippen molar-refractivity contribution < 1.29 is 13.2 Å². The Morgan fingerprint density at radius 2 is 1.83 bits per heavy atom. The average molecular weight is 528 g/mol. The lowest BCUT2D eigenvalue weighted by Crippen LogP contribution is -2.16. The first kappa shape index (κ1) is 24.9. The van der Waals surface area contributed by atoms with Gasteiger partial charge in [0.25, 0.3) is 0 Å². The number of nitrogens with two attached hydrogens (primary N) is 1. The van der Waals surface area contributed by atoms with Gasteiger partial charge in [-0.05, 0) is 61.4 Å². The molecular formula is C24H22ClN5O3S2. The summed E-state index contributed by atoms with van der Waals surface area (Å²) >= 11 is 7.66. The monoisotopic (exact) mass is 527 g/mol. The summed E-state index contributed by atoms with van der Waals surface area (Å²) in [6.45, 7) is 3.99. The first-order valence-corrected chi connectivity index (χ1v) is 13.4. The zero-order valence-electron chi connectivity index (χ0n) is 18.9. The van der Waals surface area contributed by atoms with Crippen molar-refractivity contribution >= 4 is 45.0 Å². The van der Waals surface area contributed by atoms with E-state index < -0.39 is 10.0 Å². The Kier molecular flexibility index (Phi) is 7.27. The number of hydrogen-bond acceptors (Lipinski definition) is 6.